The minimum Gasteiger partial charge on any atom is -0.320 e. The van der Waals surface area contributed by atoms with Gasteiger partial charge in [0, 0.05) is 6.20 Å². The molecule has 0 aliphatic heterocycles. The van der Waals surface area contributed by atoms with Crippen molar-refractivity contribution in [2.45, 2.75) is 6.04 Å². The first-order valence-corrected chi connectivity index (χ1v) is 6.46. The maximum atomic E-state index is 12.9. The Bertz CT molecular complexity index is 676. The largest absolute Gasteiger partial charge is 0.320 e. The molecule has 4 heteroatoms. The lowest BCUT2D eigenvalue weighted by molar-refractivity contribution is 0.626. The van der Waals surface area contributed by atoms with Crippen LogP contribution in [-0.2, 0) is 0 Å². The number of thiophene rings is 1. The van der Waals surface area contributed by atoms with Gasteiger partial charge in [-0.1, -0.05) is 12.1 Å². The Morgan fingerprint density at radius 3 is 2.67 bits per heavy atom. The van der Waals surface area contributed by atoms with Crippen molar-refractivity contribution >= 4 is 21.6 Å². The molecular weight excluding hydrogens is 247 g/mol. The number of pyridine rings is 1. The average molecular weight is 258 g/mol. The lowest BCUT2D eigenvalue weighted by atomic mass is 10.0. The third kappa shape index (κ3) is 2.00. The van der Waals surface area contributed by atoms with Gasteiger partial charge in [-0.25, -0.2) is 4.39 Å². The highest BCUT2D eigenvalue weighted by Gasteiger charge is 2.10. The summed E-state index contributed by atoms with van der Waals surface area (Å²) in [6.07, 6.45) is 1.78. The third-order valence-corrected chi connectivity index (χ3v) is 3.77. The zero-order valence-electron chi connectivity index (χ0n) is 9.51. The summed E-state index contributed by atoms with van der Waals surface area (Å²) >= 11 is 1.64. The van der Waals surface area contributed by atoms with Gasteiger partial charge in [0.1, 0.15) is 5.82 Å². The van der Waals surface area contributed by atoms with Gasteiger partial charge in [-0.15, -0.1) is 11.3 Å². The summed E-state index contributed by atoms with van der Waals surface area (Å²) in [7, 11) is 0. The molecule has 2 aromatic heterocycles. The molecule has 1 atom stereocenters. The first-order valence-electron chi connectivity index (χ1n) is 5.58. The number of fused-ring (bicyclic) bond motifs is 1. The third-order valence-electron chi connectivity index (χ3n) is 2.91. The fourth-order valence-electron chi connectivity index (χ4n) is 1.89. The molecular formula is C14H11FN2S. The number of hydrogen-bond donors (Lipinski definition) is 1. The van der Waals surface area contributed by atoms with E-state index in [1.54, 1.807) is 29.7 Å². The normalized spacial score (nSPS) is 12.8. The molecule has 0 amide bonds. The van der Waals surface area contributed by atoms with Gasteiger partial charge in [0.25, 0.3) is 0 Å². The number of hydrogen-bond acceptors (Lipinski definition) is 3. The fourth-order valence-corrected chi connectivity index (χ4v) is 2.68. The van der Waals surface area contributed by atoms with Gasteiger partial charge in [0.2, 0.25) is 0 Å². The number of aromatic nitrogens is 1. The second-order valence-electron chi connectivity index (χ2n) is 4.10. The molecule has 0 saturated heterocycles. The summed E-state index contributed by atoms with van der Waals surface area (Å²) in [5, 5.41) is 2.00. The van der Waals surface area contributed by atoms with Crippen LogP contribution in [0.4, 0.5) is 4.39 Å². The number of nitrogens with two attached hydrogens (primary N) is 1. The molecule has 2 nitrogen and oxygen atoms in total. The van der Waals surface area contributed by atoms with E-state index in [0.29, 0.717) is 0 Å². The molecule has 18 heavy (non-hydrogen) atoms. The van der Waals surface area contributed by atoms with Crippen molar-refractivity contribution < 1.29 is 4.39 Å². The van der Waals surface area contributed by atoms with Gasteiger partial charge in [-0.3, -0.25) is 4.98 Å². The first kappa shape index (κ1) is 11.3. The van der Waals surface area contributed by atoms with Gasteiger partial charge in [0.15, 0.2) is 0 Å². The van der Waals surface area contributed by atoms with Crippen LogP contribution in [0, 0.1) is 5.82 Å². The lowest BCUT2D eigenvalue weighted by Gasteiger charge is -2.12. The zero-order chi connectivity index (χ0) is 12.5. The van der Waals surface area contributed by atoms with E-state index in [9.17, 15) is 4.39 Å². The van der Waals surface area contributed by atoms with Crippen LogP contribution in [0.3, 0.4) is 0 Å². The Kier molecular flexibility index (Phi) is 2.81. The molecule has 2 heterocycles. The standard InChI is InChI=1S/C14H11FN2S/c15-11-3-1-9(2-4-11)14(16)10-7-13-12(17-8-10)5-6-18-13/h1-8,14H,16H2. The molecule has 0 fully saturated rings. The fraction of sp³-hybridized carbons (Fsp3) is 0.0714. The van der Waals surface area contributed by atoms with Gasteiger partial charge in [0.05, 0.1) is 16.3 Å². The van der Waals surface area contributed by atoms with Crippen LogP contribution >= 0.6 is 11.3 Å². The summed E-state index contributed by atoms with van der Waals surface area (Å²) in [5.41, 5.74) is 8.97. The maximum absolute atomic E-state index is 12.9. The average Bonchev–Trinajstić information content (AvgIpc) is 2.86. The summed E-state index contributed by atoms with van der Waals surface area (Å²) in [5.74, 6) is -0.252. The van der Waals surface area contributed by atoms with Crippen LogP contribution in [0.1, 0.15) is 17.2 Å². The van der Waals surface area contributed by atoms with E-state index >= 15 is 0 Å². The van der Waals surface area contributed by atoms with E-state index in [1.165, 1.54) is 12.1 Å². The van der Waals surface area contributed by atoms with Gasteiger partial charge < -0.3 is 5.73 Å². The predicted molar refractivity (Wildman–Crippen MR) is 72.1 cm³/mol. The Morgan fingerprint density at radius 1 is 1.11 bits per heavy atom. The Morgan fingerprint density at radius 2 is 1.89 bits per heavy atom. The number of benzene rings is 1. The van der Waals surface area contributed by atoms with Crippen LogP contribution in [0.2, 0.25) is 0 Å². The van der Waals surface area contributed by atoms with Crippen molar-refractivity contribution in [3.8, 4) is 0 Å². The minimum atomic E-state index is -0.274. The van der Waals surface area contributed by atoms with Gasteiger partial charge >= 0.3 is 0 Å². The lowest BCUT2D eigenvalue weighted by Crippen LogP contribution is -2.11. The highest BCUT2D eigenvalue weighted by atomic mass is 32.1. The van der Waals surface area contributed by atoms with E-state index in [4.69, 9.17) is 5.73 Å². The zero-order valence-corrected chi connectivity index (χ0v) is 10.3. The molecule has 3 rings (SSSR count). The number of nitrogens with zero attached hydrogens (tertiary/aromatic N) is 1. The van der Waals surface area contributed by atoms with Crippen molar-refractivity contribution in [1.29, 1.82) is 0 Å². The second-order valence-corrected chi connectivity index (χ2v) is 5.05. The van der Waals surface area contributed by atoms with Crippen LogP contribution in [-0.4, -0.2) is 4.98 Å². The van der Waals surface area contributed by atoms with Crippen LogP contribution in [0.5, 0.6) is 0 Å². The topological polar surface area (TPSA) is 38.9 Å². The van der Waals surface area contributed by atoms with E-state index < -0.39 is 0 Å². The molecule has 0 radical (unpaired) electrons. The summed E-state index contributed by atoms with van der Waals surface area (Å²) in [6.45, 7) is 0. The van der Waals surface area contributed by atoms with Crippen molar-refractivity contribution in [2.24, 2.45) is 5.73 Å². The molecule has 90 valence electrons. The number of halogens is 1. The second kappa shape index (κ2) is 4.48. The van der Waals surface area contributed by atoms with Crippen LogP contribution in [0.25, 0.3) is 10.2 Å². The molecule has 3 aromatic rings. The molecule has 1 unspecified atom stereocenters. The summed E-state index contributed by atoms with van der Waals surface area (Å²) in [6, 6.07) is 10.0. The van der Waals surface area contributed by atoms with Crippen molar-refractivity contribution in [3.63, 3.8) is 0 Å². The molecule has 0 spiro atoms. The van der Waals surface area contributed by atoms with Crippen molar-refractivity contribution in [2.75, 3.05) is 0 Å². The Labute approximate surface area is 108 Å². The van der Waals surface area contributed by atoms with Crippen molar-refractivity contribution in [3.05, 3.63) is 64.9 Å². The molecule has 0 aliphatic rings. The minimum absolute atomic E-state index is 0.252. The van der Waals surface area contributed by atoms with Crippen LogP contribution < -0.4 is 5.73 Å². The quantitative estimate of drug-likeness (QED) is 0.764. The molecule has 0 saturated carbocycles. The molecule has 2 N–H and O–H groups in total. The Hall–Kier alpha value is -1.78. The first-order chi connectivity index (χ1) is 8.74. The predicted octanol–water partition coefficient (Wildman–Crippen LogP) is 3.48. The van der Waals surface area contributed by atoms with E-state index in [2.05, 4.69) is 4.98 Å². The van der Waals surface area contributed by atoms with Gasteiger partial charge in [-0.2, -0.15) is 0 Å². The van der Waals surface area contributed by atoms with E-state index in [-0.39, 0.29) is 11.9 Å². The molecule has 0 aliphatic carbocycles. The summed E-state index contributed by atoms with van der Waals surface area (Å²) in [4.78, 5) is 4.36. The van der Waals surface area contributed by atoms with Crippen molar-refractivity contribution in [1.82, 2.24) is 4.98 Å². The highest BCUT2D eigenvalue weighted by Crippen LogP contribution is 2.25. The SMILES string of the molecule is NC(c1ccc(F)cc1)c1cnc2ccsc2c1. The maximum Gasteiger partial charge on any atom is 0.123 e. The highest BCUT2D eigenvalue weighted by molar-refractivity contribution is 7.17. The smallest absolute Gasteiger partial charge is 0.123 e. The number of rotatable bonds is 2. The van der Waals surface area contributed by atoms with Crippen LogP contribution in [0.15, 0.2) is 48.0 Å². The monoisotopic (exact) mass is 258 g/mol. The summed E-state index contributed by atoms with van der Waals surface area (Å²) < 4.78 is 14.0. The molecule has 1 aromatic carbocycles. The Balaban J connectivity index is 2.00. The van der Waals surface area contributed by atoms with E-state index in [1.807, 2.05) is 17.5 Å². The molecule has 0 bridgehead atoms. The van der Waals surface area contributed by atoms with Gasteiger partial charge in [-0.05, 0) is 40.8 Å². The van der Waals surface area contributed by atoms with E-state index in [0.717, 1.165) is 21.3 Å².